The van der Waals surface area contributed by atoms with Crippen molar-refractivity contribution in [3.63, 3.8) is 0 Å². The van der Waals surface area contributed by atoms with E-state index >= 15 is 0 Å². The second kappa shape index (κ2) is 5.93. The molecule has 2 heterocycles. The van der Waals surface area contributed by atoms with Crippen molar-refractivity contribution in [2.45, 2.75) is 50.3 Å². The first-order valence-corrected chi connectivity index (χ1v) is 6.60. The number of hydrogen-bond donors (Lipinski definition) is 2. The highest BCUT2D eigenvalue weighted by Crippen LogP contribution is 2.40. The van der Waals surface area contributed by atoms with Gasteiger partial charge in [0, 0.05) is 0 Å². The van der Waals surface area contributed by atoms with Crippen molar-refractivity contribution in [3.8, 4) is 0 Å². The summed E-state index contributed by atoms with van der Waals surface area (Å²) in [4.78, 5) is 0. The van der Waals surface area contributed by atoms with E-state index < -0.39 is 36.5 Å². The Balaban J connectivity index is 2.13. The molecular formula is C14H22O6. The topological polar surface area (TPSA) is 77.4 Å². The van der Waals surface area contributed by atoms with Crippen molar-refractivity contribution in [1.82, 2.24) is 0 Å². The first kappa shape index (κ1) is 15.6. The van der Waals surface area contributed by atoms with Gasteiger partial charge in [0.05, 0.1) is 13.2 Å². The molecule has 0 amide bonds. The second-order valence-corrected chi connectivity index (χ2v) is 5.42. The molecule has 2 fully saturated rings. The number of aliphatic hydroxyl groups excluding tert-OH is 2. The first-order chi connectivity index (χ1) is 9.39. The van der Waals surface area contributed by atoms with Gasteiger partial charge < -0.3 is 29.2 Å². The molecule has 0 spiro atoms. The number of fused-ring (bicyclic) bond motifs is 1. The molecule has 6 nitrogen and oxygen atoms in total. The average Bonchev–Trinajstić information content (AvgIpc) is 2.86. The second-order valence-electron chi connectivity index (χ2n) is 5.42. The molecule has 0 saturated carbocycles. The third-order valence-corrected chi connectivity index (χ3v) is 3.37. The monoisotopic (exact) mass is 286 g/mol. The summed E-state index contributed by atoms with van der Waals surface area (Å²) in [5, 5.41) is 19.3. The Morgan fingerprint density at radius 3 is 2.75 bits per heavy atom. The van der Waals surface area contributed by atoms with Crippen molar-refractivity contribution in [1.29, 1.82) is 0 Å². The third kappa shape index (κ3) is 2.95. The molecular weight excluding hydrogens is 264 g/mol. The van der Waals surface area contributed by atoms with Crippen LogP contribution in [0.4, 0.5) is 0 Å². The van der Waals surface area contributed by atoms with Gasteiger partial charge in [-0.2, -0.15) is 0 Å². The predicted octanol–water partition coefficient (Wildman–Crippen LogP) is 0.343. The summed E-state index contributed by atoms with van der Waals surface area (Å²) in [6.45, 7) is 10.8. The summed E-state index contributed by atoms with van der Waals surface area (Å²) < 4.78 is 22.7. The Labute approximate surface area is 118 Å². The largest absolute Gasteiger partial charge is 0.392 e. The summed E-state index contributed by atoms with van der Waals surface area (Å²) >= 11 is 0. The molecule has 0 aromatic carbocycles. The van der Waals surface area contributed by atoms with Gasteiger partial charge in [0.1, 0.15) is 24.4 Å². The van der Waals surface area contributed by atoms with Crippen LogP contribution in [0.5, 0.6) is 0 Å². The molecule has 20 heavy (non-hydrogen) atoms. The predicted molar refractivity (Wildman–Crippen MR) is 70.9 cm³/mol. The van der Waals surface area contributed by atoms with Crippen LogP contribution in [0.15, 0.2) is 24.8 Å². The summed E-state index contributed by atoms with van der Waals surface area (Å²) in [6, 6.07) is 0. The SMILES string of the molecule is C=CCO[C@@H]1[C@H]2OC(C)(C)O[C@H]2O[C@@H]1[C@H](O)C(=C)CO. The van der Waals surface area contributed by atoms with E-state index in [2.05, 4.69) is 13.2 Å². The van der Waals surface area contributed by atoms with Gasteiger partial charge in [0.15, 0.2) is 12.1 Å². The highest BCUT2D eigenvalue weighted by atomic mass is 16.8. The van der Waals surface area contributed by atoms with Crippen molar-refractivity contribution in [3.05, 3.63) is 24.8 Å². The molecule has 2 N–H and O–H groups in total. The molecule has 6 heteroatoms. The van der Waals surface area contributed by atoms with E-state index in [1.807, 2.05) is 0 Å². The lowest BCUT2D eigenvalue weighted by Crippen LogP contribution is -2.43. The van der Waals surface area contributed by atoms with Gasteiger partial charge in [-0.1, -0.05) is 12.7 Å². The Morgan fingerprint density at radius 2 is 2.15 bits per heavy atom. The van der Waals surface area contributed by atoms with Gasteiger partial charge in [-0.25, -0.2) is 0 Å². The standard InChI is InChI=1S/C14H22O6/c1-5-6-17-11-10(9(16)8(2)7-15)18-13-12(11)19-14(3,4)20-13/h5,9-13,15-16H,1-2,6-7H2,3-4H3/t9-,10-,11+,12-,13-/m1/s1. The van der Waals surface area contributed by atoms with Gasteiger partial charge in [-0.15, -0.1) is 6.58 Å². The van der Waals surface area contributed by atoms with E-state index in [4.69, 9.17) is 24.1 Å². The fourth-order valence-corrected chi connectivity index (χ4v) is 2.45. The van der Waals surface area contributed by atoms with E-state index in [-0.39, 0.29) is 12.2 Å². The molecule has 0 radical (unpaired) electrons. The van der Waals surface area contributed by atoms with E-state index in [1.54, 1.807) is 19.9 Å². The Hall–Kier alpha value is -0.760. The van der Waals surface area contributed by atoms with Gasteiger partial charge in [-0.3, -0.25) is 0 Å². The average molecular weight is 286 g/mol. The third-order valence-electron chi connectivity index (χ3n) is 3.37. The molecule has 0 aromatic heterocycles. The van der Waals surface area contributed by atoms with E-state index in [0.717, 1.165) is 0 Å². The molecule has 0 unspecified atom stereocenters. The molecule has 0 bridgehead atoms. The lowest BCUT2D eigenvalue weighted by molar-refractivity contribution is -0.226. The normalized spacial score (nSPS) is 36.6. The number of hydrogen-bond acceptors (Lipinski definition) is 6. The molecule has 2 aliphatic rings. The van der Waals surface area contributed by atoms with Crippen molar-refractivity contribution < 1.29 is 29.2 Å². The van der Waals surface area contributed by atoms with Crippen molar-refractivity contribution in [2.75, 3.05) is 13.2 Å². The Morgan fingerprint density at radius 1 is 1.45 bits per heavy atom. The van der Waals surface area contributed by atoms with E-state index in [9.17, 15) is 5.11 Å². The fourth-order valence-electron chi connectivity index (χ4n) is 2.45. The zero-order valence-corrected chi connectivity index (χ0v) is 11.8. The van der Waals surface area contributed by atoms with Gasteiger partial charge in [0.25, 0.3) is 0 Å². The maximum Gasteiger partial charge on any atom is 0.190 e. The van der Waals surface area contributed by atoms with Gasteiger partial charge in [0.2, 0.25) is 0 Å². The van der Waals surface area contributed by atoms with Crippen LogP contribution in [0.25, 0.3) is 0 Å². The zero-order chi connectivity index (χ0) is 14.9. The molecule has 0 aromatic rings. The number of aliphatic hydroxyl groups is 2. The van der Waals surface area contributed by atoms with Crippen LogP contribution in [0.2, 0.25) is 0 Å². The van der Waals surface area contributed by atoms with E-state index in [0.29, 0.717) is 6.61 Å². The minimum absolute atomic E-state index is 0.265. The maximum absolute atomic E-state index is 10.2. The Kier molecular flexibility index (Phi) is 4.63. The lowest BCUT2D eigenvalue weighted by atomic mass is 10.0. The molecule has 5 atom stereocenters. The lowest BCUT2D eigenvalue weighted by Gasteiger charge is -2.28. The Bertz CT molecular complexity index is 380. The highest BCUT2D eigenvalue weighted by Gasteiger charge is 2.57. The highest BCUT2D eigenvalue weighted by molar-refractivity contribution is 5.10. The van der Waals surface area contributed by atoms with Crippen LogP contribution < -0.4 is 0 Å². The van der Waals surface area contributed by atoms with Crippen LogP contribution in [0.1, 0.15) is 13.8 Å². The molecule has 0 aliphatic carbocycles. The van der Waals surface area contributed by atoms with Crippen molar-refractivity contribution in [2.24, 2.45) is 0 Å². The smallest absolute Gasteiger partial charge is 0.190 e. The molecule has 2 rings (SSSR count). The van der Waals surface area contributed by atoms with Crippen LogP contribution in [-0.2, 0) is 18.9 Å². The summed E-state index contributed by atoms with van der Waals surface area (Å²) in [5.74, 6) is -0.755. The minimum atomic E-state index is -1.05. The van der Waals surface area contributed by atoms with Crippen LogP contribution in [-0.4, -0.2) is 59.9 Å². The fraction of sp³-hybridized carbons (Fsp3) is 0.714. The number of ether oxygens (including phenoxy) is 4. The van der Waals surface area contributed by atoms with Crippen LogP contribution >= 0.6 is 0 Å². The minimum Gasteiger partial charge on any atom is -0.392 e. The quantitative estimate of drug-likeness (QED) is 0.686. The van der Waals surface area contributed by atoms with Crippen LogP contribution in [0.3, 0.4) is 0 Å². The summed E-state index contributed by atoms with van der Waals surface area (Å²) in [7, 11) is 0. The molecule has 114 valence electrons. The summed E-state index contributed by atoms with van der Waals surface area (Å²) in [5.41, 5.74) is 0.265. The van der Waals surface area contributed by atoms with Gasteiger partial charge in [-0.05, 0) is 19.4 Å². The zero-order valence-electron chi connectivity index (χ0n) is 11.8. The summed E-state index contributed by atoms with van der Waals surface area (Å²) in [6.07, 6.45) is -1.69. The van der Waals surface area contributed by atoms with E-state index in [1.165, 1.54) is 0 Å². The maximum atomic E-state index is 10.2. The molecule has 2 saturated heterocycles. The number of rotatable bonds is 6. The first-order valence-electron chi connectivity index (χ1n) is 6.60. The molecule has 2 aliphatic heterocycles. The van der Waals surface area contributed by atoms with Crippen LogP contribution in [0, 0.1) is 0 Å². The van der Waals surface area contributed by atoms with Crippen molar-refractivity contribution >= 4 is 0 Å². The van der Waals surface area contributed by atoms with Gasteiger partial charge >= 0.3 is 0 Å².